The second-order valence-corrected chi connectivity index (χ2v) is 13.1. The minimum absolute atomic E-state index is 0.134. The number of nitrogens with one attached hydrogen (secondary N) is 1. The van der Waals surface area contributed by atoms with Crippen LogP contribution >= 0.6 is 0 Å². The summed E-state index contributed by atoms with van der Waals surface area (Å²) in [5, 5.41) is 12.7. The molecule has 7 atom stereocenters. The number of carbonyl (C=O) groups is 4. The lowest BCUT2D eigenvalue weighted by molar-refractivity contribution is -0.162. The highest BCUT2D eigenvalue weighted by Gasteiger charge is 2.75. The predicted octanol–water partition coefficient (Wildman–Crippen LogP) is 4.33. The van der Waals surface area contributed by atoms with Gasteiger partial charge >= 0.3 is 5.97 Å². The van der Waals surface area contributed by atoms with Crippen LogP contribution in [0.15, 0.2) is 73.8 Å². The van der Waals surface area contributed by atoms with Gasteiger partial charge in [0.1, 0.15) is 17.7 Å². The molecule has 0 radical (unpaired) electrons. The second-order valence-electron chi connectivity index (χ2n) is 13.1. The van der Waals surface area contributed by atoms with Crippen LogP contribution in [0.2, 0.25) is 0 Å². The number of rotatable bonds is 15. The topological polar surface area (TPSA) is 125 Å². The van der Waals surface area contributed by atoms with Crippen LogP contribution in [0, 0.1) is 25.7 Å². The van der Waals surface area contributed by atoms with E-state index in [1.165, 1.54) is 4.90 Å². The fraction of sp³-hybridized carbons (Fsp3) is 0.474. The van der Waals surface area contributed by atoms with Crippen LogP contribution in [0.3, 0.4) is 0 Å². The maximum absolute atomic E-state index is 14.7. The molecular formula is C38H47N3O7. The Morgan fingerprint density at radius 1 is 1.17 bits per heavy atom. The molecule has 2 bridgehead atoms. The molecule has 2 N–H and O–H groups in total. The Morgan fingerprint density at radius 2 is 1.92 bits per heavy atom. The lowest BCUT2D eigenvalue weighted by Gasteiger charge is -2.37. The summed E-state index contributed by atoms with van der Waals surface area (Å²) in [5.41, 5.74) is 2.06. The van der Waals surface area contributed by atoms with Crippen molar-refractivity contribution >= 4 is 29.4 Å². The zero-order valence-electron chi connectivity index (χ0n) is 28.1. The molecule has 256 valence electrons. The van der Waals surface area contributed by atoms with Gasteiger partial charge in [0, 0.05) is 31.8 Å². The Bertz CT molecular complexity index is 1540. The van der Waals surface area contributed by atoms with Gasteiger partial charge in [-0.1, -0.05) is 54.6 Å². The number of anilines is 1. The number of likely N-dealkylation sites (tertiary alicyclic amines) is 1. The van der Waals surface area contributed by atoms with E-state index < -0.39 is 47.7 Å². The van der Waals surface area contributed by atoms with E-state index in [4.69, 9.17) is 9.47 Å². The Hall–Kier alpha value is -4.28. The number of aryl methyl sites for hydroxylation is 2. The minimum Gasteiger partial charge on any atom is -0.455 e. The van der Waals surface area contributed by atoms with Crippen molar-refractivity contribution in [2.75, 3.05) is 24.6 Å². The minimum atomic E-state index is -1.23. The molecule has 10 nitrogen and oxygen atoms in total. The van der Waals surface area contributed by atoms with E-state index in [0.29, 0.717) is 30.5 Å². The molecule has 2 aromatic carbocycles. The number of allylic oxidation sites excluding steroid dienone is 1. The zero-order chi connectivity index (χ0) is 34.6. The van der Waals surface area contributed by atoms with Crippen LogP contribution in [-0.4, -0.2) is 77.2 Å². The predicted molar refractivity (Wildman–Crippen MR) is 182 cm³/mol. The van der Waals surface area contributed by atoms with Gasteiger partial charge in [0.2, 0.25) is 11.8 Å². The standard InChI is InChI=1S/C38H47N3O7/c1-6-8-15-30(43)39-26(5)33(27-13-10-9-11-14-27)47-37(46)31-29-18-19-38(48-29)32(31)35(44)41(21-12-22-42)34(38)36(45)40(20-7-2)28-23-24(3)16-17-25(28)4/h6-7,9-11,13-14,16-17,23,26,29,31-34,42H,1-2,8,12,15,18-22H2,3-5H3,(H,39,43)/t26-,29+,31-,32-,33-,34+,38-/m0/s1. The summed E-state index contributed by atoms with van der Waals surface area (Å²) in [6.45, 7) is 13.4. The van der Waals surface area contributed by atoms with Crippen LogP contribution < -0.4 is 10.2 Å². The van der Waals surface area contributed by atoms with E-state index >= 15 is 0 Å². The molecule has 3 heterocycles. The van der Waals surface area contributed by atoms with Gasteiger partial charge in [-0.3, -0.25) is 19.2 Å². The molecule has 48 heavy (non-hydrogen) atoms. The van der Waals surface area contributed by atoms with Crippen molar-refractivity contribution in [1.82, 2.24) is 10.2 Å². The summed E-state index contributed by atoms with van der Waals surface area (Å²) >= 11 is 0. The smallest absolute Gasteiger partial charge is 0.313 e. The Balaban J connectivity index is 1.48. The maximum Gasteiger partial charge on any atom is 0.313 e. The van der Waals surface area contributed by atoms with E-state index in [1.807, 2.05) is 62.4 Å². The molecule has 0 unspecified atom stereocenters. The zero-order valence-corrected chi connectivity index (χ0v) is 28.1. The second kappa shape index (κ2) is 14.9. The van der Waals surface area contributed by atoms with Gasteiger partial charge in [0.25, 0.3) is 5.91 Å². The summed E-state index contributed by atoms with van der Waals surface area (Å²) < 4.78 is 12.8. The van der Waals surface area contributed by atoms with Crippen molar-refractivity contribution in [2.24, 2.45) is 11.8 Å². The molecule has 0 saturated carbocycles. The molecule has 1 spiro atoms. The summed E-state index contributed by atoms with van der Waals surface area (Å²) in [5.74, 6) is -3.34. The third-order valence-electron chi connectivity index (χ3n) is 9.89. The van der Waals surface area contributed by atoms with Crippen molar-refractivity contribution in [3.8, 4) is 0 Å². The van der Waals surface area contributed by atoms with E-state index in [1.54, 1.807) is 24.0 Å². The number of fused-ring (bicyclic) bond motifs is 1. The van der Waals surface area contributed by atoms with Gasteiger partial charge in [-0.05, 0) is 69.2 Å². The first kappa shape index (κ1) is 35.0. The van der Waals surface area contributed by atoms with Crippen molar-refractivity contribution in [2.45, 2.75) is 82.8 Å². The lowest BCUT2D eigenvalue weighted by Crippen LogP contribution is -2.56. The highest BCUT2D eigenvalue weighted by Crippen LogP contribution is 2.59. The molecule has 3 saturated heterocycles. The van der Waals surface area contributed by atoms with Crippen LogP contribution in [-0.2, 0) is 28.7 Å². The van der Waals surface area contributed by atoms with E-state index in [0.717, 1.165) is 11.1 Å². The van der Waals surface area contributed by atoms with Crippen LogP contribution in [0.1, 0.15) is 61.8 Å². The van der Waals surface area contributed by atoms with Crippen molar-refractivity contribution in [3.05, 3.63) is 90.5 Å². The third kappa shape index (κ3) is 6.56. The summed E-state index contributed by atoms with van der Waals surface area (Å²) in [6.07, 6.45) is 3.83. The van der Waals surface area contributed by atoms with Crippen LogP contribution in [0.4, 0.5) is 5.69 Å². The summed E-state index contributed by atoms with van der Waals surface area (Å²) in [7, 11) is 0. The van der Waals surface area contributed by atoms with Crippen molar-refractivity contribution in [3.63, 3.8) is 0 Å². The number of benzene rings is 2. The third-order valence-corrected chi connectivity index (χ3v) is 9.89. The molecule has 3 fully saturated rings. The SMILES string of the molecule is C=CCCC(=O)N[C@@H](C)[C@H](OC(=O)[C@@H]1[C@H]2C(=O)N(CCCO)[C@H](C(=O)N(CC=C)c3cc(C)ccc3C)[C@]23CC[C@H]1O3)c1ccccc1. The summed E-state index contributed by atoms with van der Waals surface area (Å²) in [4.78, 5) is 59.1. The average molecular weight is 658 g/mol. The van der Waals surface area contributed by atoms with Crippen LogP contribution in [0.5, 0.6) is 0 Å². The lowest BCUT2D eigenvalue weighted by atomic mass is 9.70. The van der Waals surface area contributed by atoms with Gasteiger partial charge in [0.05, 0.1) is 24.0 Å². The quantitative estimate of drug-likeness (QED) is 0.216. The highest BCUT2D eigenvalue weighted by atomic mass is 16.6. The normalized spacial score (nSPS) is 25.2. The molecule has 0 aliphatic carbocycles. The Kier molecular flexibility index (Phi) is 10.9. The molecule has 2 aromatic rings. The number of aliphatic hydroxyl groups is 1. The maximum atomic E-state index is 14.7. The molecule has 3 aliphatic heterocycles. The molecule has 3 aliphatic rings. The number of hydrogen-bond acceptors (Lipinski definition) is 7. The Morgan fingerprint density at radius 3 is 2.60 bits per heavy atom. The number of amides is 3. The monoisotopic (exact) mass is 657 g/mol. The molecule has 5 rings (SSSR count). The first-order valence-corrected chi connectivity index (χ1v) is 16.8. The van der Waals surface area contributed by atoms with E-state index in [9.17, 15) is 24.3 Å². The fourth-order valence-electron chi connectivity index (χ4n) is 7.72. The van der Waals surface area contributed by atoms with Crippen molar-refractivity contribution in [1.29, 1.82) is 0 Å². The number of hydrogen-bond donors (Lipinski definition) is 2. The number of nitrogens with zero attached hydrogens (tertiary/aromatic N) is 2. The largest absolute Gasteiger partial charge is 0.455 e. The molecule has 10 heteroatoms. The first-order chi connectivity index (χ1) is 23.1. The molecular weight excluding hydrogens is 610 g/mol. The number of ether oxygens (including phenoxy) is 2. The van der Waals surface area contributed by atoms with Gasteiger partial charge < -0.3 is 29.7 Å². The Labute approximate surface area is 282 Å². The van der Waals surface area contributed by atoms with Gasteiger partial charge in [-0.15, -0.1) is 13.2 Å². The van der Waals surface area contributed by atoms with Gasteiger partial charge in [-0.2, -0.15) is 0 Å². The van der Waals surface area contributed by atoms with Gasteiger partial charge in [0.15, 0.2) is 0 Å². The van der Waals surface area contributed by atoms with Gasteiger partial charge in [-0.25, -0.2) is 0 Å². The molecule has 0 aromatic heterocycles. The molecule has 3 amide bonds. The fourth-order valence-corrected chi connectivity index (χ4v) is 7.72. The van der Waals surface area contributed by atoms with Crippen molar-refractivity contribution < 1.29 is 33.8 Å². The highest BCUT2D eigenvalue weighted by molar-refractivity contribution is 6.05. The van der Waals surface area contributed by atoms with E-state index in [-0.39, 0.29) is 50.3 Å². The summed E-state index contributed by atoms with van der Waals surface area (Å²) in [6, 6.07) is 13.5. The van der Waals surface area contributed by atoms with E-state index in [2.05, 4.69) is 18.5 Å². The number of esters is 1. The van der Waals surface area contributed by atoms with Crippen LogP contribution in [0.25, 0.3) is 0 Å². The number of carbonyl (C=O) groups excluding carboxylic acids is 4. The number of aliphatic hydroxyl groups excluding tert-OH is 1. The first-order valence-electron chi connectivity index (χ1n) is 16.8. The average Bonchev–Trinajstić information content (AvgIpc) is 3.72.